The fourth-order valence-electron chi connectivity index (χ4n) is 1.98. The number of hydrogen-bond acceptors (Lipinski definition) is 3. The fourth-order valence-corrected chi connectivity index (χ4v) is 3.74. The normalized spacial score (nSPS) is 12.9. The second-order valence-corrected chi connectivity index (χ2v) is 6.43. The standard InChI is InChI=1S/C15H20FNO3S/c1-4-12(3)17(5-2)21(19,20)15-9-8-13(7-6-10-18)11-14(15)16/h8-9,11-12,18H,4-5,10H2,1-3H3. The molecule has 0 aliphatic carbocycles. The molecule has 1 aromatic carbocycles. The lowest BCUT2D eigenvalue weighted by molar-refractivity contribution is 0.341. The molecule has 0 heterocycles. The molecule has 0 amide bonds. The SMILES string of the molecule is CCC(C)N(CC)S(=O)(=O)c1ccc(C#CCO)cc1F. The zero-order chi connectivity index (χ0) is 16.0. The second kappa shape index (κ2) is 7.55. The number of sulfonamides is 1. The van der Waals surface area contributed by atoms with E-state index in [1.165, 1.54) is 16.4 Å². The third-order valence-corrected chi connectivity index (χ3v) is 5.35. The van der Waals surface area contributed by atoms with Crippen molar-refractivity contribution in [2.24, 2.45) is 0 Å². The highest BCUT2D eigenvalue weighted by molar-refractivity contribution is 7.89. The Balaban J connectivity index is 3.26. The molecule has 6 heteroatoms. The highest BCUT2D eigenvalue weighted by atomic mass is 32.2. The summed E-state index contributed by atoms with van der Waals surface area (Å²) in [7, 11) is -3.87. The first-order valence-electron chi connectivity index (χ1n) is 6.79. The van der Waals surface area contributed by atoms with Crippen LogP contribution >= 0.6 is 0 Å². The van der Waals surface area contributed by atoms with E-state index in [9.17, 15) is 12.8 Å². The molecule has 21 heavy (non-hydrogen) atoms. The first-order chi connectivity index (χ1) is 9.88. The van der Waals surface area contributed by atoms with Crippen LogP contribution in [0.1, 0.15) is 32.8 Å². The van der Waals surface area contributed by atoms with Crippen LogP contribution in [0.5, 0.6) is 0 Å². The topological polar surface area (TPSA) is 57.6 Å². The fraction of sp³-hybridized carbons (Fsp3) is 0.467. The Hall–Kier alpha value is -1.42. The number of aliphatic hydroxyl groups is 1. The third-order valence-electron chi connectivity index (χ3n) is 3.22. The van der Waals surface area contributed by atoms with E-state index in [1.807, 2.05) is 6.92 Å². The van der Waals surface area contributed by atoms with Gasteiger partial charge in [0.25, 0.3) is 0 Å². The molecule has 1 N–H and O–H groups in total. The average molecular weight is 313 g/mol. The Morgan fingerprint density at radius 3 is 2.52 bits per heavy atom. The van der Waals surface area contributed by atoms with Crippen LogP contribution in [0.3, 0.4) is 0 Å². The van der Waals surface area contributed by atoms with E-state index in [0.717, 1.165) is 6.07 Å². The van der Waals surface area contributed by atoms with Gasteiger partial charge in [0, 0.05) is 18.2 Å². The van der Waals surface area contributed by atoms with E-state index in [-0.39, 0.29) is 24.1 Å². The Morgan fingerprint density at radius 2 is 2.05 bits per heavy atom. The van der Waals surface area contributed by atoms with E-state index < -0.39 is 15.8 Å². The number of hydrogen-bond donors (Lipinski definition) is 1. The quantitative estimate of drug-likeness (QED) is 0.846. The monoisotopic (exact) mass is 313 g/mol. The van der Waals surface area contributed by atoms with Crippen LogP contribution in [-0.4, -0.2) is 37.0 Å². The van der Waals surface area contributed by atoms with Gasteiger partial charge in [-0.2, -0.15) is 4.31 Å². The molecule has 116 valence electrons. The molecule has 0 spiro atoms. The zero-order valence-corrected chi connectivity index (χ0v) is 13.2. The molecule has 1 atom stereocenters. The second-order valence-electron chi connectivity index (χ2n) is 4.57. The van der Waals surface area contributed by atoms with Gasteiger partial charge in [0.05, 0.1) is 0 Å². The zero-order valence-electron chi connectivity index (χ0n) is 12.4. The number of nitrogens with zero attached hydrogens (tertiary/aromatic N) is 1. The molecule has 0 saturated heterocycles. The van der Waals surface area contributed by atoms with Crippen LogP contribution in [0.2, 0.25) is 0 Å². The third kappa shape index (κ3) is 4.03. The van der Waals surface area contributed by atoms with Gasteiger partial charge in [0.15, 0.2) is 0 Å². The van der Waals surface area contributed by atoms with Crippen molar-refractivity contribution < 1.29 is 17.9 Å². The predicted molar refractivity (Wildman–Crippen MR) is 79.7 cm³/mol. The van der Waals surface area contributed by atoms with E-state index in [2.05, 4.69) is 11.8 Å². The van der Waals surface area contributed by atoms with E-state index in [0.29, 0.717) is 12.0 Å². The smallest absolute Gasteiger partial charge is 0.246 e. The first-order valence-corrected chi connectivity index (χ1v) is 8.23. The lowest BCUT2D eigenvalue weighted by atomic mass is 10.2. The minimum absolute atomic E-state index is 0.201. The summed E-state index contributed by atoms with van der Waals surface area (Å²) in [5, 5.41) is 8.60. The lowest BCUT2D eigenvalue weighted by Crippen LogP contribution is -2.38. The molecule has 0 aliphatic heterocycles. The number of rotatable bonds is 5. The molecule has 1 unspecified atom stereocenters. The molecule has 0 aliphatic rings. The van der Waals surface area contributed by atoms with Crippen LogP contribution in [-0.2, 0) is 10.0 Å². The molecule has 1 rings (SSSR count). The highest BCUT2D eigenvalue weighted by Gasteiger charge is 2.29. The summed E-state index contributed by atoms with van der Waals surface area (Å²) >= 11 is 0. The van der Waals surface area contributed by atoms with Crippen LogP contribution in [0.15, 0.2) is 23.1 Å². The number of benzene rings is 1. The van der Waals surface area contributed by atoms with Crippen LogP contribution in [0.4, 0.5) is 4.39 Å². The summed E-state index contributed by atoms with van der Waals surface area (Å²) in [6.45, 7) is 5.34. The van der Waals surface area contributed by atoms with Crippen molar-refractivity contribution >= 4 is 10.0 Å². The van der Waals surface area contributed by atoms with Crippen LogP contribution in [0, 0.1) is 17.7 Å². The summed E-state index contributed by atoms with van der Waals surface area (Å²) in [5.41, 5.74) is 0.326. The van der Waals surface area contributed by atoms with Crippen LogP contribution < -0.4 is 0 Å². The average Bonchev–Trinajstić information content (AvgIpc) is 2.45. The van der Waals surface area contributed by atoms with Crippen molar-refractivity contribution in [2.75, 3.05) is 13.2 Å². The number of halogens is 1. The van der Waals surface area contributed by atoms with Gasteiger partial charge in [0.1, 0.15) is 17.3 Å². The molecule has 1 aromatic rings. The summed E-state index contributed by atoms with van der Waals surface area (Å²) in [4.78, 5) is -0.348. The maximum absolute atomic E-state index is 14.1. The minimum Gasteiger partial charge on any atom is -0.384 e. The molecule has 0 fully saturated rings. The van der Waals surface area contributed by atoms with Gasteiger partial charge in [-0.1, -0.05) is 25.7 Å². The highest BCUT2D eigenvalue weighted by Crippen LogP contribution is 2.22. The van der Waals surface area contributed by atoms with Gasteiger partial charge in [-0.05, 0) is 31.5 Å². The Labute approximate surface area is 125 Å². The van der Waals surface area contributed by atoms with Crippen molar-refractivity contribution in [3.05, 3.63) is 29.6 Å². The summed E-state index contributed by atoms with van der Waals surface area (Å²) in [5.74, 6) is 4.10. The Morgan fingerprint density at radius 1 is 1.38 bits per heavy atom. The molecular weight excluding hydrogens is 293 g/mol. The number of aliphatic hydroxyl groups excluding tert-OH is 1. The predicted octanol–water partition coefficient (Wildman–Crippen LogP) is 1.98. The van der Waals surface area contributed by atoms with Crippen LogP contribution in [0.25, 0.3) is 0 Å². The maximum Gasteiger partial charge on any atom is 0.246 e. The van der Waals surface area contributed by atoms with Gasteiger partial charge in [-0.15, -0.1) is 0 Å². The molecule has 0 bridgehead atoms. The van der Waals surface area contributed by atoms with Crippen molar-refractivity contribution in [2.45, 2.75) is 38.1 Å². The Bertz CT molecular complexity index is 647. The van der Waals surface area contributed by atoms with Crippen molar-refractivity contribution in [1.29, 1.82) is 0 Å². The largest absolute Gasteiger partial charge is 0.384 e. The van der Waals surface area contributed by atoms with Gasteiger partial charge < -0.3 is 5.11 Å². The lowest BCUT2D eigenvalue weighted by Gasteiger charge is -2.26. The summed E-state index contributed by atoms with van der Waals surface area (Å²) in [6.07, 6.45) is 0.648. The molecule has 0 radical (unpaired) electrons. The van der Waals surface area contributed by atoms with Gasteiger partial charge in [-0.25, -0.2) is 12.8 Å². The molecule has 0 saturated carbocycles. The van der Waals surface area contributed by atoms with Crippen molar-refractivity contribution in [3.8, 4) is 11.8 Å². The van der Waals surface area contributed by atoms with Gasteiger partial charge in [0.2, 0.25) is 10.0 Å². The van der Waals surface area contributed by atoms with E-state index in [4.69, 9.17) is 5.11 Å². The first kappa shape index (κ1) is 17.6. The summed E-state index contributed by atoms with van der Waals surface area (Å²) in [6, 6.07) is 3.52. The van der Waals surface area contributed by atoms with Crippen molar-refractivity contribution in [3.63, 3.8) is 0 Å². The van der Waals surface area contributed by atoms with Crippen molar-refractivity contribution in [1.82, 2.24) is 4.31 Å². The molecule has 4 nitrogen and oxygen atoms in total. The van der Waals surface area contributed by atoms with Gasteiger partial charge in [-0.3, -0.25) is 0 Å². The van der Waals surface area contributed by atoms with E-state index >= 15 is 0 Å². The molecular formula is C15H20FNO3S. The Kier molecular flexibility index (Phi) is 6.34. The minimum atomic E-state index is -3.87. The molecule has 0 aromatic heterocycles. The van der Waals surface area contributed by atoms with Gasteiger partial charge >= 0.3 is 0 Å². The summed E-state index contributed by atoms with van der Waals surface area (Å²) < 4.78 is 40.4. The maximum atomic E-state index is 14.1. The van der Waals surface area contributed by atoms with E-state index in [1.54, 1.807) is 13.8 Å².